The van der Waals surface area contributed by atoms with Gasteiger partial charge in [0, 0.05) is 16.6 Å². The Hall–Kier alpha value is -1.73. The van der Waals surface area contributed by atoms with Crippen molar-refractivity contribution in [3.8, 4) is 11.4 Å². The van der Waals surface area contributed by atoms with Gasteiger partial charge >= 0.3 is 0 Å². The van der Waals surface area contributed by atoms with Crippen LogP contribution in [0.5, 0.6) is 0 Å². The van der Waals surface area contributed by atoms with E-state index in [0.717, 1.165) is 29.5 Å². The van der Waals surface area contributed by atoms with Crippen molar-refractivity contribution >= 4 is 21.8 Å². The van der Waals surface area contributed by atoms with Crippen LogP contribution in [0.2, 0.25) is 0 Å². The lowest BCUT2D eigenvalue weighted by atomic mass is 10.1. The van der Waals surface area contributed by atoms with Crippen LogP contribution in [0.3, 0.4) is 0 Å². The van der Waals surface area contributed by atoms with E-state index in [4.69, 9.17) is 0 Å². The van der Waals surface area contributed by atoms with Gasteiger partial charge in [0.05, 0.1) is 12.5 Å². The van der Waals surface area contributed by atoms with Crippen molar-refractivity contribution < 1.29 is 4.79 Å². The highest BCUT2D eigenvalue weighted by molar-refractivity contribution is 9.10. The van der Waals surface area contributed by atoms with Crippen LogP contribution in [0.15, 0.2) is 28.7 Å². The molecule has 6 nitrogen and oxygen atoms in total. The molecule has 1 atom stereocenters. The minimum Gasteiger partial charge on any atom is -0.349 e. The maximum absolute atomic E-state index is 11.9. The Labute approximate surface area is 130 Å². The first-order chi connectivity index (χ1) is 10.2. The second-order valence-corrected chi connectivity index (χ2v) is 5.94. The minimum absolute atomic E-state index is 0.0684. The molecule has 110 valence electrons. The van der Waals surface area contributed by atoms with Crippen LogP contribution in [0.1, 0.15) is 12.2 Å². The van der Waals surface area contributed by atoms with Gasteiger partial charge < -0.3 is 10.6 Å². The number of rotatable bonds is 4. The molecule has 0 aliphatic carbocycles. The first kappa shape index (κ1) is 14.2. The molecule has 7 heteroatoms. The van der Waals surface area contributed by atoms with Crippen LogP contribution < -0.4 is 10.6 Å². The Morgan fingerprint density at radius 2 is 2.19 bits per heavy atom. The summed E-state index contributed by atoms with van der Waals surface area (Å²) in [5.41, 5.74) is 0.937. The van der Waals surface area contributed by atoms with Gasteiger partial charge in [-0.25, -0.2) is 4.98 Å². The summed E-state index contributed by atoms with van der Waals surface area (Å²) in [6.07, 6.45) is 0.895. The Morgan fingerprint density at radius 3 is 2.90 bits per heavy atom. The molecule has 1 fully saturated rings. The van der Waals surface area contributed by atoms with E-state index in [1.165, 1.54) is 0 Å². The van der Waals surface area contributed by atoms with Crippen LogP contribution in [0, 0.1) is 5.92 Å². The van der Waals surface area contributed by atoms with Gasteiger partial charge in [-0.3, -0.25) is 9.89 Å². The number of aromatic amines is 1. The third kappa shape index (κ3) is 3.48. The molecule has 0 bridgehead atoms. The Bertz CT molecular complexity index is 619. The first-order valence-corrected chi connectivity index (χ1v) is 7.67. The van der Waals surface area contributed by atoms with Gasteiger partial charge in [-0.2, -0.15) is 5.10 Å². The predicted octanol–water partition coefficient (Wildman–Crippen LogP) is 1.46. The maximum atomic E-state index is 11.9. The minimum atomic E-state index is 0.0684. The van der Waals surface area contributed by atoms with Gasteiger partial charge in [0.25, 0.3) is 0 Å². The zero-order valence-corrected chi connectivity index (χ0v) is 13.0. The van der Waals surface area contributed by atoms with E-state index < -0.39 is 0 Å². The summed E-state index contributed by atoms with van der Waals surface area (Å²) in [5.74, 6) is 1.43. The predicted molar refractivity (Wildman–Crippen MR) is 82.3 cm³/mol. The number of amides is 1. The molecule has 3 N–H and O–H groups in total. The fourth-order valence-electron chi connectivity index (χ4n) is 2.30. The first-order valence-electron chi connectivity index (χ1n) is 6.88. The molecule has 1 amide bonds. The zero-order chi connectivity index (χ0) is 14.7. The standard InChI is InChI=1S/C14H16BrN5O/c15-11-3-1-9(2-4-11)13-18-12(19-20-13)8-17-14(21)10-5-6-16-7-10/h1-4,10,16H,5-8H2,(H,17,21)(H,18,19,20). The fraction of sp³-hybridized carbons (Fsp3) is 0.357. The number of hydrogen-bond acceptors (Lipinski definition) is 4. The molecule has 1 saturated heterocycles. The highest BCUT2D eigenvalue weighted by atomic mass is 79.9. The van der Waals surface area contributed by atoms with E-state index in [2.05, 4.69) is 41.7 Å². The van der Waals surface area contributed by atoms with Gasteiger partial charge in [0.1, 0.15) is 5.82 Å². The monoisotopic (exact) mass is 349 g/mol. The summed E-state index contributed by atoms with van der Waals surface area (Å²) in [6, 6.07) is 7.78. The van der Waals surface area contributed by atoms with Crippen molar-refractivity contribution in [2.75, 3.05) is 13.1 Å². The van der Waals surface area contributed by atoms with Crippen molar-refractivity contribution in [3.05, 3.63) is 34.6 Å². The van der Waals surface area contributed by atoms with Gasteiger partial charge in [-0.1, -0.05) is 28.1 Å². The topological polar surface area (TPSA) is 82.7 Å². The summed E-state index contributed by atoms with van der Waals surface area (Å²) in [5, 5.41) is 13.1. The van der Waals surface area contributed by atoms with Crippen molar-refractivity contribution in [2.24, 2.45) is 5.92 Å². The number of carbonyl (C=O) groups is 1. The normalized spacial score (nSPS) is 17.9. The van der Waals surface area contributed by atoms with Crippen molar-refractivity contribution in [1.29, 1.82) is 0 Å². The lowest BCUT2D eigenvalue weighted by Gasteiger charge is -2.07. The SMILES string of the molecule is O=C(NCc1nc(-c2ccc(Br)cc2)n[nH]1)C1CCNC1. The number of hydrogen-bond donors (Lipinski definition) is 3. The Kier molecular flexibility index (Phi) is 4.31. The molecule has 1 aromatic heterocycles. The molecule has 0 saturated carbocycles. The van der Waals surface area contributed by atoms with Crippen LogP contribution in [0.4, 0.5) is 0 Å². The lowest BCUT2D eigenvalue weighted by molar-refractivity contribution is -0.124. The molecular formula is C14H16BrN5O. The van der Waals surface area contributed by atoms with Crippen molar-refractivity contribution in [2.45, 2.75) is 13.0 Å². The zero-order valence-electron chi connectivity index (χ0n) is 11.4. The van der Waals surface area contributed by atoms with E-state index in [1.54, 1.807) is 0 Å². The Balaban J connectivity index is 1.60. The van der Waals surface area contributed by atoms with E-state index in [9.17, 15) is 4.79 Å². The van der Waals surface area contributed by atoms with Crippen LogP contribution in [-0.4, -0.2) is 34.2 Å². The molecule has 1 aliphatic rings. The number of H-pyrrole nitrogens is 1. The summed E-state index contributed by atoms with van der Waals surface area (Å²) < 4.78 is 1.01. The third-order valence-electron chi connectivity index (χ3n) is 3.50. The van der Waals surface area contributed by atoms with E-state index >= 15 is 0 Å². The molecule has 0 radical (unpaired) electrons. The second kappa shape index (κ2) is 6.36. The van der Waals surface area contributed by atoms with Crippen LogP contribution in [0.25, 0.3) is 11.4 Å². The molecule has 1 aromatic carbocycles. The van der Waals surface area contributed by atoms with Crippen molar-refractivity contribution in [3.63, 3.8) is 0 Å². The number of carbonyl (C=O) groups excluding carboxylic acids is 1. The number of aromatic nitrogens is 3. The van der Waals surface area contributed by atoms with Gasteiger partial charge in [-0.05, 0) is 25.1 Å². The average molecular weight is 350 g/mol. The molecule has 0 spiro atoms. The fourth-order valence-corrected chi connectivity index (χ4v) is 2.56. The average Bonchev–Trinajstić information content (AvgIpc) is 3.17. The summed E-state index contributed by atoms with van der Waals surface area (Å²) in [6.45, 7) is 2.04. The number of nitrogens with one attached hydrogen (secondary N) is 3. The summed E-state index contributed by atoms with van der Waals surface area (Å²) in [4.78, 5) is 16.3. The lowest BCUT2D eigenvalue weighted by Crippen LogP contribution is -2.31. The smallest absolute Gasteiger partial charge is 0.224 e. The Morgan fingerprint density at radius 1 is 1.38 bits per heavy atom. The largest absolute Gasteiger partial charge is 0.349 e. The molecule has 2 heterocycles. The van der Waals surface area contributed by atoms with Crippen molar-refractivity contribution in [1.82, 2.24) is 25.8 Å². The van der Waals surface area contributed by atoms with Gasteiger partial charge in [0.2, 0.25) is 5.91 Å². The maximum Gasteiger partial charge on any atom is 0.224 e. The highest BCUT2D eigenvalue weighted by Crippen LogP contribution is 2.18. The van der Waals surface area contributed by atoms with E-state index in [1.807, 2.05) is 24.3 Å². The summed E-state index contributed by atoms with van der Waals surface area (Å²) >= 11 is 3.39. The third-order valence-corrected chi connectivity index (χ3v) is 4.02. The second-order valence-electron chi connectivity index (χ2n) is 5.02. The quantitative estimate of drug-likeness (QED) is 0.780. The summed E-state index contributed by atoms with van der Waals surface area (Å²) in [7, 11) is 0. The molecule has 21 heavy (non-hydrogen) atoms. The van der Waals surface area contributed by atoms with E-state index in [-0.39, 0.29) is 11.8 Å². The van der Waals surface area contributed by atoms with Gasteiger partial charge in [0.15, 0.2) is 5.82 Å². The molecule has 3 rings (SSSR count). The number of benzene rings is 1. The van der Waals surface area contributed by atoms with Crippen LogP contribution in [-0.2, 0) is 11.3 Å². The molecular weight excluding hydrogens is 334 g/mol. The van der Waals surface area contributed by atoms with Crippen LogP contribution >= 0.6 is 15.9 Å². The highest BCUT2D eigenvalue weighted by Gasteiger charge is 2.22. The molecule has 2 aromatic rings. The van der Waals surface area contributed by atoms with E-state index in [0.29, 0.717) is 18.2 Å². The number of nitrogens with zero attached hydrogens (tertiary/aromatic N) is 2. The van der Waals surface area contributed by atoms with Gasteiger partial charge in [-0.15, -0.1) is 0 Å². The molecule has 1 aliphatic heterocycles. The number of halogens is 1. The molecule has 1 unspecified atom stereocenters.